The number of benzene rings is 1. The van der Waals surface area contributed by atoms with E-state index in [2.05, 4.69) is 27.1 Å². The SMILES string of the molecule is CCn1c(CCN)nnc1Sc1nc(-c2ccsc2)nc2ccccc12. The number of thiophene rings is 1. The molecule has 4 rings (SSSR count). The van der Waals surface area contributed by atoms with Gasteiger partial charge in [0.2, 0.25) is 0 Å². The highest BCUT2D eigenvalue weighted by Crippen LogP contribution is 2.33. The highest BCUT2D eigenvalue weighted by molar-refractivity contribution is 7.99. The highest BCUT2D eigenvalue weighted by atomic mass is 32.2. The summed E-state index contributed by atoms with van der Waals surface area (Å²) in [6, 6.07) is 10.1. The number of hydrogen-bond donors (Lipinski definition) is 1. The van der Waals surface area contributed by atoms with Gasteiger partial charge in [-0.2, -0.15) is 11.3 Å². The van der Waals surface area contributed by atoms with Crippen molar-refractivity contribution in [2.24, 2.45) is 5.73 Å². The Bertz CT molecular complexity index is 1030. The maximum Gasteiger partial charge on any atom is 0.197 e. The van der Waals surface area contributed by atoms with Crippen LogP contribution in [-0.4, -0.2) is 31.3 Å². The average molecular weight is 383 g/mol. The summed E-state index contributed by atoms with van der Waals surface area (Å²) in [4.78, 5) is 9.54. The lowest BCUT2D eigenvalue weighted by Gasteiger charge is -2.09. The molecule has 132 valence electrons. The molecule has 8 heteroatoms. The fourth-order valence-corrected chi connectivity index (χ4v) is 4.41. The van der Waals surface area contributed by atoms with E-state index in [-0.39, 0.29) is 0 Å². The second kappa shape index (κ2) is 7.53. The van der Waals surface area contributed by atoms with E-state index in [0.717, 1.165) is 44.8 Å². The van der Waals surface area contributed by atoms with Gasteiger partial charge in [-0.05, 0) is 42.7 Å². The number of nitrogens with two attached hydrogens (primary N) is 1. The minimum Gasteiger partial charge on any atom is -0.330 e. The van der Waals surface area contributed by atoms with Crippen LogP contribution >= 0.6 is 23.1 Å². The standard InChI is InChI=1S/C18H18N6S2/c1-2-24-15(7-9-19)22-23-18(24)26-17-13-5-3-4-6-14(13)20-16(21-17)12-8-10-25-11-12/h3-6,8,10-11H,2,7,9,19H2,1H3. The van der Waals surface area contributed by atoms with Gasteiger partial charge in [0.25, 0.3) is 0 Å². The van der Waals surface area contributed by atoms with Crippen molar-refractivity contribution in [1.82, 2.24) is 24.7 Å². The van der Waals surface area contributed by atoms with E-state index in [0.29, 0.717) is 13.0 Å². The molecule has 0 saturated carbocycles. The van der Waals surface area contributed by atoms with Gasteiger partial charge in [-0.1, -0.05) is 18.2 Å². The van der Waals surface area contributed by atoms with Gasteiger partial charge in [0, 0.05) is 29.3 Å². The molecule has 0 amide bonds. The van der Waals surface area contributed by atoms with E-state index in [9.17, 15) is 0 Å². The quantitative estimate of drug-likeness (QED) is 0.513. The Balaban J connectivity index is 1.81. The van der Waals surface area contributed by atoms with Gasteiger partial charge in [0.1, 0.15) is 10.9 Å². The Morgan fingerprint density at radius 3 is 2.81 bits per heavy atom. The van der Waals surface area contributed by atoms with E-state index >= 15 is 0 Å². The van der Waals surface area contributed by atoms with E-state index in [1.807, 2.05) is 35.7 Å². The van der Waals surface area contributed by atoms with Gasteiger partial charge in [0.05, 0.1) is 5.52 Å². The fourth-order valence-electron chi connectivity index (χ4n) is 2.76. The second-order valence-electron chi connectivity index (χ2n) is 5.67. The smallest absolute Gasteiger partial charge is 0.197 e. The number of fused-ring (bicyclic) bond motifs is 1. The Labute approximate surface area is 159 Å². The Kier molecular flexibility index (Phi) is 4.96. The minimum absolute atomic E-state index is 0.557. The predicted molar refractivity (Wildman–Crippen MR) is 105 cm³/mol. The lowest BCUT2D eigenvalue weighted by Crippen LogP contribution is -2.10. The van der Waals surface area contributed by atoms with E-state index in [4.69, 9.17) is 15.7 Å². The summed E-state index contributed by atoms with van der Waals surface area (Å²) in [5.74, 6) is 1.64. The number of nitrogens with zero attached hydrogens (tertiary/aromatic N) is 5. The maximum atomic E-state index is 5.69. The van der Waals surface area contributed by atoms with E-state index in [1.54, 1.807) is 11.3 Å². The summed E-state index contributed by atoms with van der Waals surface area (Å²) in [6.07, 6.45) is 0.714. The average Bonchev–Trinajstić information content (AvgIpc) is 3.32. The van der Waals surface area contributed by atoms with Gasteiger partial charge in [-0.25, -0.2) is 9.97 Å². The number of aromatic nitrogens is 5. The molecule has 3 heterocycles. The van der Waals surface area contributed by atoms with Crippen molar-refractivity contribution < 1.29 is 0 Å². The Hall–Kier alpha value is -2.29. The molecule has 0 fully saturated rings. The minimum atomic E-state index is 0.557. The number of rotatable bonds is 6. The first kappa shape index (κ1) is 17.1. The molecule has 0 unspecified atom stereocenters. The van der Waals surface area contributed by atoms with Crippen molar-refractivity contribution in [3.05, 3.63) is 46.9 Å². The van der Waals surface area contributed by atoms with Crippen LogP contribution in [0.2, 0.25) is 0 Å². The normalized spacial score (nSPS) is 11.3. The molecule has 6 nitrogen and oxygen atoms in total. The molecule has 0 aliphatic rings. The van der Waals surface area contributed by atoms with Gasteiger partial charge in [0.15, 0.2) is 11.0 Å². The van der Waals surface area contributed by atoms with Crippen LogP contribution in [0.25, 0.3) is 22.3 Å². The lowest BCUT2D eigenvalue weighted by atomic mass is 10.2. The first-order chi connectivity index (χ1) is 12.8. The van der Waals surface area contributed by atoms with Crippen LogP contribution in [0.5, 0.6) is 0 Å². The maximum absolute atomic E-state index is 5.69. The zero-order valence-electron chi connectivity index (χ0n) is 14.3. The van der Waals surface area contributed by atoms with Crippen molar-refractivity contribution in [3.63, 3.8) is 0 Å². The molecule has 26 heavy (non-hydrogen) atoms. The third kappa shape index (κ3) is 3.23. The molecule has 0 radical (unpaired) electrons. The van der Waals surface area contributed by atoms with Crippen LogP contribution in [0.3, 0.4) is 0 Å². The molecule has 0 spiro atoms. The van der Waals surface area contributed by atoms with E-state index < -0.39 is 0 Å². The first-order valence-corrected chi connectivity index (χ1v) is 10.2. The number of hydrogen-bond acceptors (Lipinski definition) is 7. The van der Waals surface area contributed by atoms with Gasteiger partial charge in [-0.15, -0.1) is 10.2 Å². The summed E-state index contributed by atoms with van der Waals surface area (Å²) in [5.41, 5.74) is 7.64. The highest BCUT2D eigenvalue weighted by Gasteiger charge is 2.16. The topological polar surface area (TPSA) is 82.5 Å². The number of para-hydroxylation sites is 1. The molecule has 0 saturated heterocycles. The van der Waals surface area contributed by atoms with Gasteiger partial charge < -0.3 is 10.3 Å². The summed E-state index contributed by atoms with van der Waals surface area (Å²) in [6.45, 7) is 3.44. The van der Waals surface area contributed by atoms with Crippen LogP contribution in [0, 0.1) is 0 Å². The third-order valence-corrected chi connectivity index (χ3v) is 5.69. The largest absolute Gasteiger partial charge is 0.330 e. The zero-order chi connectivity index (χ0) is 17.9. The van der Waals surface area contributed by atoms with Gasteiger partial charge in [-0.3, -0.25) is 0 Å². The van der Waals surface area contributed by atoms with Crippen LogP contribution in [0.4, 0.5) is 0 Å². The van der Waals surface area contributed by atoms with Crippen molar-refractivity contribution in [3.8, 4) is 11.4 Å². The van der Waals surface area contributed by atoms with Crippen LogP contribution in [-0.2, 0) is 13.0 Å². The Morgan fingerprint density at radius 2 is 2.04 bits per heavy atom. The van der Waals surface area contributed by atoms with Crippen molar-refractivity contribution in [2.45, 2.75) is 30.1 Å². The molecule has 3 aromatic heterocycles. The molecule has 0 aliphatic carbocycles. The summed E-state index contributed by atoms with van der Waals surface area (Å²) in [7, 11) is 0. The summed E-state index contributed by atoms with van der Waals surface area (Å²) >= 11 is 3.17. The molecule has 0 atom stereocenters. The molecule has 0 bridgehead atoms. The monoisotopic (exact) mass is 382 g/mol. The second-order valence-corrected chi connectivity index (χ2v) is 7.40. The Morgan fingerprint density at radius 1 is 1.15 bits per heavy atom. The molecule has 4 aromatic rings. The van der Waals surface area contributed by atoms with Crippen LogP contribution in [0.15, 0.2) is 51.3 Å². The van der Waals surface area contributed by atoms with E-state index in [1.165, 1.54) is 11.8 Å². The fraction of sp³-hybridized carbons (Fsp3) is 0.222. The molecule has 0 aliphatic heterocycles. The van der Waals surface area contributed by atoms with Crippen molar-refractivity contribution >= 4 is 34.0 Å². The lowest BCUT2D eigenvalue weighted by molar-refractivity contribution is 0.640. The van der Waals surface area contributed by atoms with Crippen molar-refractivity contribution in [1.29, 1.82) is 0 Å². The summed E-state index contributed by atoms with van der Waals surface area (Å²) < 4.78 is 2.10. The molecule has 2 N–H and O–H groups in total. The zero-order valence-corrected chi connectivity index (χ0v) is 15.9. The summed E-state index contributed by atoms with van der Waals surface area (Å²) in [5, 5.41) is 15.5. The molecular weight excluding hydrogens is 364 g/mol. The van der Waals surface area contributed by atoms with Crippen molar-refractivity contribution in [2.75, 3.05) is 6.54 Å². The molecule has 1 aromatic carbocycles. The van der Waals surface area contributed by atoms with Gasteiger partial charge >= 0.3 is 0 Å². The van der Waals surface area contributed by atoms with Crippen LogP contribution in [0.1, 0.15) is 12.7 Å². The van der Waals surface area contributed by atoms with Crippen LogP contribution < -0.4 is 5.73 Å². The first-order valence-electron chi connectivity index (χ1n) is 8.39. The third-order valence-electron chi connectivity index (χ3n) is 4.01. The predicted octanol–water partition coefficient (Wildman–Crippen LogP) is 3.62. The molecular formula is C18H18N6S2.